The van der Waals surface area contributed by atoms with Gasteiger partial charge < -0.3 is 14.0 Å². The van der Waals surface area contributed by atoms with E-state index in [2.05, 4.69) is 10.1 Å². The van der Waals surface area contributed by atoms with Gasteiger partial charge in [-0.2, -0.15) is 5.10 Å². The SMILES string of the molecule is Cc1c(OCc2ccc(COCCn3ccnc3)cc2)cnn(C(C)(C)C)c1=O. The van der Waals surface area contributed by atoms with Crippen molar-refractivity contribution >= 4 is 0 Å². The summed E-state index contributed by atoms with van der Waals surface area (Å²) >= 11 is 0. The molecule has 3 aromatic rings. The Bertz CT molecular complexity index is 971. The summed E-state index contributed by atoms with van der Waals surface area (Å²) in [6, 6.07) is 8.07. The molecule has 3 rings (SSSR count). The van der Waals surface area contributed by atoms with Crippen molar-refractivity contribution in [3.63, 3.8) is 0 Å². The van der Waals surface area contributed by atoms with Crippen LogP contribution in [0.25, 0.3) is 0 Å². The zero-order valence-electron chi connectivity index (χ0n) is 17.5. The largest absolute Gasteiger partial charge is 0.487 e. The van der Waals surface area contributed by atoms with Gasteiger partial charge in [-0.25, -0.2) is 9.67 Å². The van der Waals surface area contributed by atoms with Gasteiger partial charge in [0.25, 0.3) is 5.56 Å². The average molecular weight is 396 g/mol. The Morgan fingerprint density at radius 3 is 2.38 bits per heavy atom. The Balaban J connectivity index is 1.51. The number of benzene rings is 1. The molecule has 0 aliphatic rings. The van der Waals surface area contributed by atoms with Crippen LogP contribution in [0.15, 0.2) is 54.0 Å². The molecule has 2 aromatic heterocycles. The van der Waals surface area contributed by atoms with Crippen molar-refractivity contribution in [3.8, 4) is 5.75 Å². The van der Waals surface area contributed by atoms with Crippen LogP contribution in [0.5, 0.6) is 5.75 Å². The van der Waals surface area contributed by atoms with E-state index in [4.69, 9.17) is 9.47 Å². The fraction of sp³-hybridized carbons (Fsp3) is 0.409. The summed E-state index contributed by atoms with van der Waals surface area (Å²) in [4.78, 5) is 16.5. The first kappa shape index (κ1) is 20.8. The number of ether oxygens (including phenoxy) is 2. The maximum Gasteiger partial charge on any atom is 0.273 e. The lowest BCUT2D eigenvalue weighted by atomic mass is 10.1. The van der Waals surface area contributed by atoms with E-state index in [0.29, 0.717) is 31.1 Å². The molecule has 0 amide bonds. The van der Waals surface area contributed by atoms with Crippen molar-refractivity contribution in [2.75, 3.05) is 6.61 Å². The molecule has 29 heavy (non-hydrogen) atoms. The molecule has 1 aromatic carbocycles. The molecule has 0 atom stereocenters. The second-order valence-electron chi connectivity index (χ2n) is 7.98. The Labute approximate surface area is 170 Å². The van der Waals surface area contributed by atoms with Gasteiger partial charge in [0.1, 0.15) is 12.4 Å². The summed E-state index contributed by atoms with van der Waals surface area (Å²) in [5.41, 5.74) is 2.20. The fourth-order valence-corrected chi connectivity index (χ4v) is 2.82. The highest BCUT2D eigenvalue weighted by Crippen LogP contribution is 2.17. The molecule has 0 fully saturated rings. The normalized spacial score (nSPS) is 11.6. The average Bonchev–Trinajstić information content (AvgIpc) is 3.20. The van der Waals surface area contributed by atoms with Crippen molar-refractivity contribution in [3.05, 3.63) is 76.2 Å². The second kappa shape index (κ2) is 9.05. The van der Waals surface area contributed by atoms with E-state index in [1.54, 1.807) is 25.6 Å². The van der Waals surface area contributed by atoms with Gasteiger partial charge in [0.2, 0.25) is 0 Å². The highest BCUT2D eigenvalue weighted by molar-refractivity contribution is 5.28. The molecule has 0 saturated carbocycles. The Kier molecular flexibility index (Phi) is 6.49. The number of rotatable bonds is 8. The number of hydrogen-bond acceptors (Lipinski definition) is 5. The third kappa shape index (κ3) is 5.54. The first-order valence-electron chi connectivity index (χ1n) is 9.68. The van der Waals surface area contributed by atoms with Crippen LogP contribution in [0.2, 0.25) is 0 Å². The zero-order valence-corrected chi connectivity index (χ0v) is 17.5. The van der Waals surface area contributed by atoms with Gasteiger partial charge in [-0.1, -0.05) is 24.3 Å². The topological polar surface area (TPSA) is 71.2 Å². The summed E-state index contributed by atoms with van der Waals surface area (Å²) in [7, 11) is 0. The summed E-state index contributed by atoms with van der Waals surface area (Å²) in [6.45, 7) is 9.97. The lowest BCUT2D eigenvalue weighted by Crippen LogP contribution is -2.37. The molecule has 2 heterocycles. The van der Waals surface area contributed by atoms with Crippen LogP contribution in [-0.4, -0.2) is 25.9 Å². The number of aromatic nitrogens is 4. The van der Waals surface area contributed by atoms with Gasteiger partial charge >= 0.3 is 0 Å². The minimum absolute atomic E-state index is 0.127. The molecular weight excluding hydrogens is 368 g/mol. The quantitative estimate of drug-likeness (QED) is 0.547. The molecule has 7 heteroatoms. The highest BCUT2D eigenvalue weighted by atomic mass is 16.5. The van der Waals surface area contributed by atoms with E-state index in [1.807, 2.05) is 55.8 Å². The Hall–Kier alpha value is -2.93. The van der Waals surface area contributed by atoms with Crippen molar-refractivity contribution in [2.24, 2.45) is 0 Å². The molecule has 0 N–H and O–H groups in total. The summed E-state index contributed by atoms with van der Waals surface area (Å²) < 4.78 is 15.0. The standard InChI is InChI=1S/C22H28N4O3/c1-17-20(13-24-26(21(17)27)22(2,3)4)29-15-19-7-5-18(6-8-19)14-28-12-11-25-10-9-23-16-25/h5-10,13,16H,11-12,14-15H2,1-4H3. The molecule has 0 radical (unpaired) electrons. The fourth-order valence-electron chi connectivity index (χ4n) is 2.82. The van der Waals surface area contributed by atoms with Crippen molar-refractivity contribution in [2.45, 2.75) is 53.0 Å². The molecule has 154 valence electrons. The van der Waals surface area contributed by atoms with Gasteiger partial charge in [0.05, 0.1) is 36.8 Å². The molecule has 0 unspecified atom stereocenters. The predicted octanol–water partition coefficient (Wildman–Crippen LogP) is 3.30. The minimum atomic E-state index is -0.364. The molecule has 0 aliphatic carbocycles. The molecular formula is C22H28N4O3. The maximum atomic E-state index is 12.5. The van der Waals surface area contributed by atoms with Crippen LogP contribution in [-0.2, 0) is 30.0 Å². The monoisotopic (exact) mass is 396 g/mol. The third-order valence-electron chi connectivity index (χ3n) is 4.55. The summed E-state index contributed by atoms with van der Waals surface area (Å²) in [5, 5.41) is 4.25. The predicted molar refractivity (Wildman–Crippen MR) is 111 cm³/mol. The lowest BCUT2D eigenvalue weighted by molar-refractivity contribution is 0.113. The first-order chi connectivity index (χ1) is 13.8. The van der Waals surface area contributed by atoms with Gasteiger partial charge in [-0.3, -0.25) is 4.79 Å². The molecule has 7 nitrogen and oxygen atoms in total. The smallest absolute Gasteiger partial charge is 0.273 e. The number of nitrogens with zero attached hydrogens (tertiary/aromatic N) is 4. The van der Waals surface area contributed by atoms with E-state index < -0.39 is 0 Å². The van der Waals surface area contributed by atoms with Gasteiger partial charge in [-0.15, -0.1) is 0 Å². The minimum Gasteiger partial charge on any atom is -0.487 e. The lowest BCUT2D eigenvalue weighted by Gasteiger charge is -2.21. The molecule has 0 bridgehead atoms. The number of imidazole rings is 1. The molecule has 0 aliphatic heterocycles. The van der Waals surface area contributed by atoms with E-state index >= 15 is 0 Å². The zero-order chi connectivity index (χ0) is 20.9. The summed E-state index contributed by atoms with van der Waals surface area (Å²) in [6.07, 6.45) is 7.07. The van der Waals surface area contributed by atoms with Crippen LogP contribution < -0.4 is 10.3 Å². The first-order valence-corrected chi connectivity index (χ1v) is 9.68. The Morgan fingerprint density at radius 2 is 1.76 bits per heavy atom. The van der Waals surface area contributed by atoms with Crippen molar-refractivity contribution < 1.29 is 9.47 Å². The van der Waals surface area contributed by atoms with Gasteiger partial charge in [-0.05, 0) is 38.8 Å². The third-order valence-corrected chi connectivity index (χ3v) is 4.55. The van der Waals surface area contributed by atoms with Crippen LogP contribution in [0.1, 0.15) is 37.5 Å². The van der Waals surface area contributed by atoms with E-state index in [-0.39, 0.29) is 11.1 Å². The van der Waals surface area contributed by atoms with Crippen molar-refractivity contribution in [1.82, 2.24) is 19.3 Å². The van der Waals surface area contributed by atoms with Crippen LogP contribution in [0, 0.1) is 6.92 Å². The van der Waals surface area contributed by atoms with E-state index in [9.17, 15) is 4.79 Å². The van der Waals surface area contributed by atoms with Gasteiger partial charge in [0.15, 0.2) is 0 Å². The van der Waals surface area contributed by atoms with E-state index in [1.165, 1.54) is 4.68 Å². The molecule has 0 spiro atoms. The van der Waals surface area contributed by atoms with Crippen molar-refractivity contribution in [1.29, 1.82) is 0 Å². The molecule has 0 saturated heterocycles. The van der Waals surface area contributed by atoms with Crippen LogP contribution in [0.4, 0.5) is 0 Å². The Morgan fingerprint density at radius 1 is 1.07 bits per heavy atom. The van der Waals surface area contributed by atoms with Gasteiger partial charge in [0, 0.05) is 18.9 Å². The van der Waals surface area contributed by atoms with Crippen LogP contribution in [0.3, 0.4) is 0 Å². The maximum absolute atomic E-state index is 12.5. The number of hydrogen-bond donors (Lipinski definition) is 0. The second-order valence-corrected chi connectivity index (χ2v) is 7.98. The summed E-state index contributed by atoms with van der Waals surface area (Å²) in [5.74, 6) is 0.516. The highest BCUT2D eigenvalue weighted by Gasteiger charge is 2.18. The van der Waals surface area contributed by atoms with Crippen LogP contribution >= 0.6 is 0 Å². The van der Waals surface area contributed by atoms with E-state index in [0.717, 1.165) is 17.7 Å².